The van der Waals surface area contributed by atoms with Crippen molar-refractivity contribution in [3.8, 4) is 0 Å². The van der Waals surface area contributed by atoms with Crippen molar-refractivity contribution in [1.29, 1.82) is 0 Å². The van der Waals surface area contributed by atoms with E-state index >= 15 is 0 Å². The number of likely N-dealkylation sites (tertiary alicyclic amines) is 1. The van der Waals surface area contributed by atoms with Crippen molar-refractivity contribution in [3.05, 3.63) is 0 Å². The summed E-state index contributed by atoms with van der Waals surface area (Å²) in [6, 6.07) is 0. The third kappa shape index (κ3) is 3.20. The molecule has 1 amide bonds. The van der Waals surface area contributed by atoms with Crippen LogP contribution in [0.2, 0.25) is 0 Å². The Morgan fingerprint density at radius 1 is 1.27 bits per heavy atom. The Labute approximate surface area is 92.5 Å². The predicted octanol–water partition coefficient (Wildman–Crippen LogP) is 1.65. The highest BCUT2D eigenvalue weighted by atomic mass is 16.3. The number of amides is 1. The van der Waals surface area contributed by atoms with Gasteiger partial charge in [-0.15, -0.1) is 0 Å². The number of carbonyl (C=O) groups is 1. The lowest BCUT2D eigenvalue weighted by atomic mass is 9.80. The summed E-state index contributed by atoms with van der Waals surface area (Å²) in [5, 5.41) is 9.32. The number of aliphatic hydroxyl groups excluding tert-OH is 1. The van der Waals surface area contributed by atoms with Crippen LogP contribution in [0.15, 0.2) is 0 Å². The van der Waals surface area contributed by atoms with Gasteiger partial charge < -0.3 is 10.0 Å². The first-order chi connectivity index (χ1) is 6.96. The lowest BCUT2D eigenvalue weighted by Crippen LogP contribution is -2.45. The number of nitrogens with zero attached hydrogens (tertiary/aromatic N) is 1. The molecule has 0 saturated carbocycles. The van der Waals surface area contributed by atoms with Crippen LogP contribution in [0.1, 0.15) is 40.0 Å². The smallest absolute Gasteiger partial charge is 0.228 e. The first-order valence-corrected chi connectivity index (χ1v) is 5.86. The van der Waals surface area contributed by atoms with Gasteiger partial charge in [-0.2, -0.15) is 0 Å². The summed E-state index contributed by atoms with van der Waals surface area (Å²) in [4.78, 5) is 14.1. The highest BCUT2D eigenvalue weighted by Gasteiger charge is 2.33. The molecule has 88 valence electrons. The molecule has 1 unspecified atom stereocenters. The van der Waals surface area contributed by atoms with Crippen molar-refractivity contribution in [1.82, 2.24) is 4.90 Å². The summed E-state index contributed by atoms with van der Waals surface area (Å²) >= 11 is 0. The maximum atomic E-state index is 12.1. The van der Waals surface area contributed by atoms with Crippen molar-refractivity contribution in [2.75, 3.05) is 19.7 Å². The zero-order valence-electron chi connectivity index (χ0n) is 10.1. The Hall–Kier alpha value is -0.570. The molecule has 0 radical (unpaired) electrons. The van der Waals surface area contributed by atoms with Crippen LogP contribution in [-0.2, 0) is 4.79 Å². The molecule has 3 nitrogen and oxygen atoms in total. The second-order valence-corrected chi connectivity index (χ2v) is 5.49. The molecule has 1 saturated heterocycles. The van der Waals surface area contributed by atoms with Crippen LogP contribution in [0.25, 0.3) is 0 Å². The maximum Gasteiger partial charge on any atom is 0.228 e. The molecule has 1 heterocycles. The molecule has 0 spiro atoms. The van der Waals surface area contributed by atoms with Crippen molar-refractivity contribution >= 4 is 5.91 Å². The Morgan fingerprint density at radius 3 is 2.20 bits per heavy atom. The normalized spacial score (nSPS) is 20.1. The third-order valence-electron chi connectivity index (χ3n) is 3.19. The highest BCUT2D eigenvalue weighted by Crippen LogP contribution is 2.28. The molecule has 0 aromatic rings. The van der Waals surface area contributed by atoms with E-state index in [-0.39, 0.29) is 23.8 Å². The Kier molecular flexibility index (Phi) is 4.14. The van der Waals surface area contributed by atoms with E-state index in [1.807, 2.05) is 25.7 Å². The molecule has 1 fully saturated rings. The van der Waals surface area contributed by atoms with Crippen molar-refractivity contribution < 1.29 is 9.90 Å². The van der Waals surface area contributed by atoms with Crippen molar-refractivity contribution in [2.45, 2.75) is 40.0 Å². The molecule has 3 heteroatoms. The average molecular weight is 213 g/mol. The van der Waals surface area contributed by atoms with E-state index in [1.54, 1.807) is 0 Å². The van der Waals surface area contributed by atoms with E-state index in [0.717, 1.165) is 25.9 Å². The highest BCUT2D eigenvalue weighted by molar-refractivity contribution is 5.79. The molecule has 1 N–H and O–H groups in total. The van der Waals surface area contributed by atoms with E-state index < -0.39 is 0 Å². The molecule has 15 heavy (non-hydrogen) atoms. The number of piperidine rings is 1. The Morgan fingerprint density at radius 2 is 1.80 bits per heavy atom. The molecule has 1 atom stereocenters. The van der Waals surface area contributed by atoms with Gasteiger partial charge in [0.1, 0.15) is 0 Å². The van der Waals surface area contributed by atoms with Gasteiger partial charge in [0, 0.05) is 13.1 Å². The number of hydrogen-bond donors (Lipinski definition) is 1. The Bertz CT molecular complexity index is 214. The predicted molar refractivity (Wildman–Crippen MR) is 60.5 cm³/mol. The van der Waals surface area contributed by atoms with Gasteiger partial charge in [-0.3, -0.25) is 4.79 Å². The van der Waals surface area contributed by atoms with Gasteiger partial charge in [-0.1, -0.05) is 20.8 Å². The number of carbonyl (C=O) groups excluding carboxylic acids is 1. The molecule has 0 aromatic heterocycles. The SMILES string of the molecule is CC(C)(C)C(CO)C(=O)N1CCCCC1. The molecule has 1 rings (SSSR count). The fourth-order valence-electron chi connectivity index (χ4n) is 2.06. The van der Waals surface area contributed by atoms with Gasteiger partial charge >= 0.3 is 0 Å². The molecule has 0 aliphatic carbocycles. The maximum absolute atomic E-state index is 12.1. The summed E-state index contributed by atoms with van der Waals surface area (Å²) in [6.07, 6.45) is 3.44. The van der Waals surface area contributed by atoms with Gasteiger partial charge in [0.05, 0.1) is 12.5 Å². The van der Waals surface area contributed by atoms with Gasteiger partial charge in [-0.25, -0.2) is 0 Å². The zero-order valence-corrected chi connectivity index (χ0v) is 10.1. The van der Waals surface area contributed by atoms with Crippen LogP contribution in [-0.4, -0.2) is 35.6 Å². The molecular formula is C12H23NO2. The van der Waals surface area contributed by atoms with E-state index in [9.17, 15) is 9.90 Å². The largest absolute Gasteiger partial charge is 0.396 e. The quantitative estimate of drug-likeness (QED) is 0.757. The lowest BCUT2D eigenvalue weighted by Gasteiger charge is -2.35. The molecule has 1 aliphatic rings. The molecule has 0 bridgehead atoms. The van der Waals surface area contributed by atoms with Crippen LogP contribution >= 0.6 is 0 Å². The van der Waals surface area contributed by atoms with E-state index in [2.05, 4.69) is 0 Å². The monoisotopic (exact) mass is 213 g/mol. The van der Waals surface area contributed by atoms with Crippen LogP contribution in [0.5, 0.6) is 0 Å². The van der Waals surface area contributed by atoms with Crippen LogP contribution < -0.4 is 0 Å². The van der Waals surface area contributed by atoms with E-state index in [1.165, 1.54) is 6.42 Å². The first kappa shape index (κ1) is 12.5. The molecule has 1 aliphatic heterocycles. The standard InChI is InChI=1S/C12H23NO2/c1-12(2,3)10(9-14)11(15)13-7-5-4-6-8-13/h10,14H,4-9H2,1-3H3. The third-order valence-corrected chi connectivity index (χ3v) is 3.19. The van der Waals surface area contributed by atoms with Gasteiger partial charge in [0.25, 0.3) is 0 Å². The number of aliphatic hydroxyl groups is 1. The van der Waals surface area contributed by atoms with Crippen molar-refractivity contribution in [2.24, 2.45) is 11.3 Å². The van der Waals surface area contributed by atoms with Crippen molar-refractivity contribution in [3.63, 3.8) is 0 Å². The topological polar surface area (TPSA) is 40.5 Å². The van der Waals surface area contributed by atoms with Crippen LogP contribution in [0.3, 0.4) is 0 Å². The summed E-state index contributed by atoms with van der Waals surface area (Å²) in [5.41, 5.74) is -0.150. The summed E-state index contributed by atoms with van der Waals surface area (Å²) in [7, 11) is 0. The summed E-state index contributed by atoms with van der Waals surface area (Å²) < 4.78 is 0. The Balaban J connectivity index is 2.63. The van der Waals surface area contributed by atoms with E-state index in [4.69, 9.17) is 0 Å². The van der Waals surface area contributed by atoms with E-state index in [0.29, 0.717) is 0 Å². The zero-order chi connectivity index (χ0) is 11.5. The average Bonchev–Trinajstić information content (AvgIpc) is 2.18. The number of rotatable bonds is 2. The fourth-order valence-corrected chi connectivity index (χ4v) is 2.06. The second kappa shape index (κ2) is 4.97. The first-order valence-electron chi connectivity index (χ1n) is 5.86. The summed E-state index contributed by atoms with van der Waals surface area (Å²) in [6.45, 7) is 7.72. The molecule has 0 aromatic carbocycles. The second-order valence-electron chi connectivity index (χ2n) is 5.49. The fraction of sp³-hybridized carbons (Fsp3) is 0.917. The van der Waals surface area contributed by atoms with Crippen LogP contribution in [0.4, 0.5) is 0 Å². The minimum absolute atomic E-state index is 0.0428. The lowest BCUT2D eigenvalue weighted by molar-refractivity contribution is -0.141. The van der Waals surface area contributed by atoms with Gasteiger partial charge in [0.2, 0.25) is 5.91 Å². The van der Waals surface area contributed by atoms with Gasteiger partial charge in [-0.05, 0) is 24.7 Å². The molecular weight excluding hydrogens is 190 g/mol. The minimum Gasteiger partial charge on any atom is -0.396 e. The van der Waals surface area contributed by atoms with Gasteiger partial charge in [0.15, 0.2) is 0 Å². The number of hydrogen-bond acceptors (Lipinski definition) is 2. The summed E-state index contributed by atoms with van der Waals surface area (Å²) in [5.74, 6) is -0.125. The van der Waals surface area contributed by atoms with Crippen LogP contribution in [0, 0.1) is 11.3 Å². The minimum atomic E-state index is -0.254.